The average molecular weight is 347 g/mol. The molecule has 0 unspecified atom stereocenters. The summed E-state index contributed by atoms with van der Waals surface area (Å²) in [5, 5.41) is 5.58. The first kappa shape index (κ1) is 14.5. The third-order valence-electron chi connectivity index (χ3n) is 4.23. The first-order valence-electron chi connectivity index (χ1n) is 7.32. The maximum atomic E-state index is 12.7. The molecule has 1 N–H and O–H groups in total. The highest BCUT2D eigenvalue weighted by Crippen LogP contribution is 2.22. The SMILES string of the molecule is CN(C(=O)c1ccc2cc(Br)ccc2c1)C1CCNCC1. The zero-order valence-corrected chi connectivity index (χ0v) is 13.7. The topological polar surface area (TPSA) is 32.3 Å². The summed E-state index contributed by atoms with van der Waals surface area (Å²) in [4.78, 5) is 14.6. The molecule has 0 spiro atoms. The molecule has 1 heterocycles. The van der Waals surface area contributed by atoms with Gasteiger partial charge in [0.05, 0.1) is 0 Å². The van der Waals surface area contributed by atoms with E-state index in [1.807, 2.05) is 42.3 Å². The van der Waals surface area contributed by atoms with Gasteiger partial charge in [-0.2, -0.15) is 0 Å². The van der Waals surface area contributed by atoms with Gasteiger partial charge in [0.2, 0.25) is 0 Å². The molecule has 4 heteroatoms. The van der Waals surface area contributed by atoms with Crippen LogP contribution in [0.15, 0.2) is 40.9 Å². The second kappa shape index (κ2) is 6.16. The van der Waals surface area contributed by atoms with E-state index in [0.29, 0.717) is 6.04 Å². The minimum Gasteiger partial charge on any atom is -0.339 e. The number of rotatable bonds is 2. The number of fused-ring (bicyclic) bond motifs is 1. The normalized spacial score (nSPS) is 16.1. The van der Waals surface area contributed by atoms with E-state index in [1.54, 1.807) is 0 Å². The summed E-state index contributed by atoms with van der Waals surface area (Å²) in [5.41, 5.74) is 0.769. The van der Waals surface area contributed by atoms with Crippen LogP contribution in [0, 0.1) is 0 Å². The summed E-state index contributed by atoms with van der Waals surface area (Å²) >= 11 is 3.47. The van der Waals surface area contributed by atoms with Gasteiger partial charge in [-0.25, -0.2) is 0 Å². The molecule has 1 aliphatic rings. The number of hydrogen-bond donors (Lipinski definition) is 1. The second-order valence-electron chi connectivity index (χ2n) is 5.60. The Morgan fingerprint density at radius 3 is 2.57 bits per heavy atom. The number of nitrogens with zero attached hydrogens (tertiary/aromatic N) is 1. The van der Waals surface area contributed by atoms with Gasteiger partial charge >= 0.3 is 0 Å². The Labute approximate surface area is 133 Å². The van der Waals surface area contributed by atoms with Gasteiger partial charge in [0.25, 0.3) is 5.91 Å². The summed E-state index contributed by atoms with van der Waals surface area (Å²) in [6, 6.07) is 12.4. The van der Waals surface area contributed by atoms with E-state index in [1.165, 1.54) is 0 Å². The van der Waals surface area contributed by atoms with Crippen molar-refractivity contribution in [3.05, 3.63) is 46.4 Å². The molecule has 1 aliphatic heterocycles. The fourth-order valence-corrected chi connectivity index (χ4v) is 3.29. The van der Waals surface area contributed by atoms with Crippen molar-refractivity contribution in [2.75, 3.05) is 20.1 Å². The van der Waals surface area contributed by atoms with Crippen LogP contribution in [0.2, 0.25) is 0 Å². The average Bonchev–Trinajstić information content (AvgIpc) is 2.53. The van der Waals surface area contributed by atoms with Crippen LogP contribution in [0.25, 0.3) is 10.8 Å². The monoisotopic (exact) mass is 346 g/mol. The number of piperidine rings is 1. The first-order valence-corrected chi connectivity index (χ1v) is 8.11. The molecule has 2 aromatic carbocycles. The van der Waals surface area contributed by atoms with Gasteiger partial charge in [0.15, 0.2) is 0 Å². The number of amides is 1. The highest BCUT2D eigenvalue weighted by Gasteiger charge is 2.22. The maximum Gasteiger partial charge on any atom is 0.253 e. The Morgan fingerprint density at radius 2 is 1.81 bits per heavy atom. The van der Waals surface area contributed by atoms with Crippen molar-refractivity contribution in [2.24, 2.45) is 0 Å². The molecule has 110 valence electrons. The smallest absolute Gasteiger partial charge is 0.253 e. The van der Waals surface area contributed by atoms with Gasteiger partial charge in [-0.3, -0.25) is 4.79 Å². The molecule has 3 rings (SSSR count). The van der Waals surface area contributed by atoms with E-state index in [0.717, 1.165) is 46.7 Å². The Bertz CT molecular complexity index is 665. The van der Waals surface area contributed by atoms with E-state index >= 15 is 0 Å². The summed E-state index contributed by atoms with van der Waals surface area (Å²) in [6.45, 7) is 1.99. The van der Waals surface area contributed by atoms with Crippen molar-refractivity contribution in [1.29, 1.82) is 0 Å². The molecular weight excluding hydrogens is 328 g/mol. The summed E-state index contributed by atoms with van der Waals surface area (Å²) in [7, 11) is 1.92. The lowest BCUT2D eigenvalue weighted by atomic mass is 10.0. The van der Waals surface area contributed by atoms with E-state index in [2.05, 4.69) is 27.3 Å². The predicted octanol–water partition coefficient (Wildman–Crippen LogP) is 3.43. The lowest BCUT2D eigenvalue weighted by Crippen LogP contribution is -2.43. The van der Waals surface area contributed by atoms with E-state index in [4.69, 9.17) is 0 Å². The van der Waals surface area contributed by atoms with Crippen molar-refractivity contribution >= 4 is 32.6 Å². The van der Waals surface area contributed by atoms with Crippen molar-refractivity contribution < 1.29 is 4.79 Å². The number of carbonyl (C=O) groups is 1. The van der Waals surface area contributed by atoms with Crippen LogP contribution >= 0.6 is 15.9 Å². The standard InChI is InChI=1S/C17H19BrN2O/c1-20(16-6-8-19-9-7-16)17(21)14-3-2-13-11-15(18)5-4-12(13)10-14/h2-5,10-11,16,19H,6-9H2,1H3. The predicted molar refractivity (Wildman–Crippen MR) is 89.6 cm³/mol. The molecule has 1 saturated heterocycles. The van der Waals surface area contributed by atoms with Crippen LogP contribution in [0.3, 0.4) is 0 Å². The van der Waals surface area contributed by atoms with Crippen LogP contribution in [0.1, 0.15) is 23.2 Å². The molecule has 21 heavy (non-hydrogen) atoms. The van der Waals surface area contributed by atoms with Crippen LogP contribution in [-0.4, -0.2) is 37.0 Å². The van der Waals surface area contributed by atoms with Gasteiger partial charge in [-0.1, -0.05) is 28.1 Å². The fourth-order valence-electron chi connectivity index (χ4n) is 2.91. The van der Waals surface area contributed by atoms with Gasteiger partial charge in [-0.05, 0) is 61.0 Å². The molecule has 1 amide bonds. The Balaban J connectivity index is 1.85. The number of nitrogens with one attached hydrogen (secondary N) is 1. The van der Waals surface area contributed by atoms with Crippen molar-refractivity contribution in [2.45, 2.75) is 18.9 Å². The molecule has 0 atom stereocenters. The second-order valence-corrected chi connectivity index (χ2v) is 6.52. The van der Waals surface area contributed by atoms with Crippen LogP contribution in [0.5, 0.6) is 0 Å². The zero-order valence-electron chi connectivity index (χ0n) is 12.1. The zero-order chi connectivity index (χ0) is 14.8. The van der Waals surface area contributed by atoms with Crippen LogP contribution < -0.4 is 5.32 Å². The number of benzene rings is 2. The third kappa shape index (κ3) is 3.11. The summed E-state index contributed by atoms with van der Waals surface area (Å²) in [6.07, 6.45) is 2.06. The fraction of sp³-hybridized carbons (Fsp3) is 0.353. The third-order valence-corrected chi connectivity index (χ3v) is 4.72. The minimum absolute atomic E-state index is 0.117. The van der Waals surface area contributed by atoms with Crippen molar-refractivity contribution in [1.82, 2.24) is 10.2 Å². The molecule has 0 radical (unpaired) electrons. The van der Waals surface area contributed by atoms with E-state index in [-0.39, 0.29) is 5.91 Å². The van der Waals surface area contributed by atoms with Crippen molar-refractivity contribution in [3.8, 4) is 0 Å². The first-order chi connectivity index (χ1) is 10.1. The van der Waals surface area contributed by atoms with Gasteiger partial charge < -0.3 is 10.2 Å². The van der Waals surface area contributed by atoms with Crippen molar-refractivity contribution in [3.63, 3.8) is 0 Å². The quantitative estimate of drug-likeness (QED) is 0.903. The number of hydrogen-bond acceptors (Lipinski definition) is 2. The molecule has 0 aliphatic carbocycles. The van der Waals surface area contributed by atoms with Crippen LogP contribution in [0.4, 0.5) is 0 Å². The molecule has 2 aromatic rings. The Hall–Kier alpha value is -1.39. The van der Waals surface area contributed by atoms with Gasteiger partial charge in [0, 0.05) is 23.1 Å². The molecule has 0 bridgehead atoms. The number of carbonyl (C=O) groups excluding carboxylic acids is 1. The molecule has 0 aromatic heterocycles. The Kier molecular flexibility index (Phi) is 4.27. The number of halogens is 1. The largest absolute Gasteiger partial charge is 0.339 e. The van der Waals surface area contributed by atoms with E-state index < -0.39 is 0 Å². The van der Waals surface area contributed by atoms with Gasteiger partial charge in [-0.15, -0.1) is 0 Å². The Morgan fingerprint density at radius 1 is 1.14 bits per heavy atom. The van der Waals surface area contributed by atoms with E-state index in [9.17, 15) is 4.79 Å². The molecule has 0 saturated carbocycles. The summed E-state index contributed by atoms with van der Waals surface area (Å²) < 4.78 is 1.06. The minimum atomic E-state index is 0.117. The molecular formula is C17H19BrN2O. The lowest BCUT2D eigenvalue weighted by Gasteiger charge is -2.31. The highest BCUT2D eigenvalue weighted by atomic mass is 79.9. The molecule has 3 nitrogen and oxygen atoms in total. The van der Waals surface area contributed by atoms with Gasteiger partial charge in [0.1, 0.15) is 0 Å². The lowest BCUT2D eigenvalue weighted by molar-refractivity contribution is 0.0703. The maximum absolute atomic E-state index is 12.7. The summed E-state index contributed by atoms with van der Waals surface area (Å²) in [5.74, 6) is 0.117. The molecule has 1 fully saturated rings. The van der Waals surface area contributed by atoms with Crippen LogP contribution in [-0.2, 0) is 0 Å². The highest BCUT2D eigenvalue weighted by molar-refractivity contribution is 9.10.